The van der Waals surface area contributed by atoms with E-state index in [0.717, 1.165) is 0 Å². The quantitative estimate of drug-likeness (QED) is 0.370. The Morgan fingerprint density at radius 2 is 1.88 bits per heavy atom. The highest BCUT2D eigenvalue weighted by molar-refractivity contribution is 6.30. The molecule has 0 unspecified atom stereocenters. The molecule has 2 rings (SSSR count). The van der Waals surface area contributed by atoms with Crippen LogP contribution in [0.15, 0.2) is 47.6 Å². The fourth-order valence-corrected chi connectivity index (χ4v) is 2.03. The molecule has 7 heteroatoms. The highest BCUT2D eigenvalue weighted by atomic mass is 35.5. The number of hydrazone groups is 1. The Hall–Kier alpha value is -2.86. The summed E-state index contributed by atoms with van der Waals surface area (Å²) < 4.78 is 10.9. The van der Waals surface area contributed by atoms with Crippen LogP contribution in [0, 0.1) is 0 Å². The number of ether oxygens (including phenoxy) is 2. The summed E-state index contributed by atoms with van der Waals surface area (Å²) in [4.78, 5) is 23.0. The van der Waals surface area contributed by atoms with Gasteiger partial charge in [0.25, 0.3) is 0 Å². The first-order valence-corrected chi connectivity index (χ1v) is 7.91. The van der Waals surface area contributed by atoms with Crippen LogP contribution < -0.4 is 14.9 Å². The molecule has 1 amide bonds. The molecule has 0 heterocycles. The van der Waals surface area contributed by atoms with Gasteiger partial charge in [0.05, 0.1) is 18.4 Å². The minimum absolute atomic E-state index is 0.269. The Bertz CT molecular complexity index is 788. The summed E-state index contributed by atoms with van der Waals surface area (Å²) in [5.74, 6) is -0.0952. The zero-order chi connectivity index (χ0) is 18.2. The molecule has 0 fully saturated rings. The molecule has 2 aromatic carbocycles. The average Bonchev–Trinajstić information content (AvgIpc) is 2.57. The van der Waals surface area contributed by atoms with Crippen molar-refractivity contribution in [3.63, 3.8) is 0 Å². The van der Waals surface area contributed by atoms with Crippen molar-refractivity contribution < 1.29 is 19.1 Å². The summed E-state index contributed by atoms with van der Waals surface area (Å²) in [6.45, 7) is 3.59. The monoisotopic (exact) mass is 360 g/mol. The van der Waals surface area contributed by atoms with Gasteiger partial charge in [-0.25, -0.2) is 10.2 Å². The maximum Gasteiger partial charge on any atom is 0.343 e. The molecule has 0 aromatic heterocycles. The summed E-state index contributed by atoms with van der Waals surface area (Å²) in [7, 11) is 0. The summed E-state index contributed by atoms with van der Waals surface area (Å²) in [5, 5.41) is 4.32. The zero-order valence-electron chi connectivity index (χ0n) is 13.8. The number of esters is 1. The molecule has 0 spiro atoms. The van der Waals surface area contributed by atoms with E-state index in [1.807, 2.05) is 6.92 Å². The number of carbonyl (C=O) groups is 2. The fraction of sp³-hybridized carbons (Fsp3) is 0.167. The van der Waals surface area contributed by atoms with E-state index < -0.39 is 5.97 Å². The number of hydrogen-bond donors (Lipinski definition) is 1. The van der Waals surface area contributed by atoms with Crippen molar-refractivity contribution in [1.82, 2.24) is 5.43 Å². The lowest BCUT2D eigenvalue weighted by Gasteiger charge is -2.11. The van der Waals surface area contributed by atoms with E-state index in [0.29, 0.717) is 34.3 Å². The first-order valence-electron chi connectivity index (χ1n) is 7.54. The first kappa shape index (κ1) is 18.5. The van der Waals surface area contributed by atoms with E-state index in [2.05, 4.69) is 10.5 Å². The van der Waals surface area contributed by atoms with Crippen molar-refractivity contribution in [1.29, 1.82) is 0 Å². The number of nitrogens with zero attached hydrogens (tertiary/aromatic N) is 1. The van der Waals surface area contributed by atoms with Gasteiger partial charge in [-0.3, -0.25) is 4.79 Å². The van der Waals surface area contributed by atoms with Crippen LogP contribution in [0.2, 0.25) is 5.02 Å². The molecule has 0 saturated heterocycles. The molecule has 0 radical (unpaired) electrons. The second-order valence-electron chi connectivity index (χ2n) is 4.96. The molecule has 0 aliphatic rings. The van der Waals surface area contributed by atoms with Crippen LogP contribution in [0.25, 0.3) is 0 Å². The number of rotatable bonds is 6. The molecule has 130 valence electrons. The van der Waals surface area contributed by atoms with E-state index in [1.54, 1.807) is 42.5 Å². The summed E-state index contributed by atoms with van der Waals surface area (Å²) in [6.07, 6.45) is 1.47. The van der Waals surface area contributed by atoms with E-state index in [1.165, 1.54) is 13.1 Å². The molecular formula is C18H17ClN2O4. The molecule has 0 saturated carbocycles. The number of halogens is 1. The maximum absolute atomic E-state index is 12.2. The summed E-state index contributed by atoms with van der Waals surface area (Å²) in [6, 6.07) is 11.4. The van der Waals surface area contributed by atoms with Gasteiger partial charge in [0.2, 0.25) is 5.91 Å². The van der Waals surface area contributed by atoms with Gasteiger partial charge in [-0.2, -0.15) is 5.10 Å². The highest BCUT2D eigenvalue weighted by Crippen LogP contribution is 2.29. The minimum atomic E-state index is -0.516. The largest absolute Gasteiger partial charge is 0.490 e. The lowest BCUT2D eigenvalue weighted by Crippen LogP contribution is -2.12. The molecule has 6 nitrogen and oxygen atoms in total. The van der Waals surface area contributed by atoms with Crippen LogP contribution in [0.4, 0.5) is 0 Å². The Morgan fingerprint density at radius 1 is 1.16 bits per heavy atom. The average molecular weight is 361 g/mol. The Labute approximate surface area is 150 Å². The van der Waals surface area contributed by atoms with Crippen LogP contribution in [0.3, 0.4) is 0 Å². The molecule has 0 aliphatic heterocycles. The summed E-state index contributed by atoms with van der Waals surface area (Å²) >= 11 is 5.81. The lowest BCUT2D eigenvalue weighted by molar-refractivity contribution is -0.118. The van der Waals surface area contributed by atoms with Gasteiger partial charge < -0.3 is 9.47 Å². The molecule has 0 bridgehead atoms. The van der Waals surface area contributed by atoms with Crippen LogP contribution in [-0.4, -0.2) is 24.7 Å². The van der Waals surface area contributed by atoms with Crippen molar-refractivity contribution >= 4 is 29.7 Å². The van der Waals surface area contributed by atoms with Crippen LogP contribution >= 0.6 is 11.6 Å². The molecule has 0 atom stereocenters. The smallest absolute Gasteiger partial charge is 0.343 e. The molecule has 25 heavy (non-hydrogen) atoms. The predicted octanol–water partition coefficient (Wildman–Crippen LogP) is 3.43. The van der Waals surface area contributed by atoms with Gasteiger partial charge in [-0.05, 0) is 55.0 Å². The normalized spacial score (nSPS) is 10.5. The molecule has 1 N–H and O–H groups in total. The zero-order valence-corrected chi connectivity index (χ0v) is 14.5. The lowest BCUT2D eigenvalue weighted by atomic mass is 10.2. The van der Waals surface area contributed by atoms with E-state index >= 15 is 0 Å². The number of hydrogen-bond acceptors (Lipinski definition) is 5. The molecular weight excluding hydrogens is 344 g/mol. The number of amides is 1. The van der Waals surface area contributed by atoms with E-state index in [-0.39, 0.29) is 5.91 Å². The second kappa shape index (κ2) is 8.84. The van der Waals surface area contributed by atoms with Crippen molar-refractivity contribution in [3.05, 3.63) is 58.6 Å². The van der Waals surface area contributed by atoms with Crippen molar-refractivity contribution in [2.75, 3.05) is 6.61 Å². The van der Waals surface area contributed by atoms with Crippen molar-refractivity contribution in [2.45, 2.75) is 13.8 Å². The third-order valence-electron chi connectivity index (χ3n) is 2.99. The number of benzene rings is 2. The number of nitrogens with one attached hydrogen (secondary N) is 1. The summed E-state index contributed by atoms with van der Waals surface area (Å²) in [5.41, 5.74) is 3.37. The van der Waals surface area contributed by atoms with E-state index in [9.17, 15) is 9.59 Å². The van der Waals surface area contributed by atoms with Gasteiger partial charge in [0.15, 0.2) is 11.5 Å². The Morgan fingerprint density at radius 3 is 2.52 bits per heavy atom. The Balaban J connectivity index is 2.18. The Kier molecular flexibility index (Phi) is 6.54. The van der Waals surface area contributed by atoms with Crippen LogP contribution in [-0.2, 0) is 4.79 Å². The standard InChI is InChI=1S/C18H17ClN2O4/c1-3-24-17-10-13(11-20-21-12(2)22)4-9-16(17)25-18(23)14-5-7-15(19)8-6-14/h4-11H,3H2,1-2H3,(H,21,22). The molecule has 0 aliphatic carbocycles. The second-order valence-corrected chi connectivity index (χ2v) is 5.40. The highest BCUT2D eigenvalue weighted by Gasteiger charge is 2.13. The van der Waals surface area contributed by atoms with Gasteiger partial charge in [0, 0.05) is 11.9 Å². The fourth-order valence-electron chi connectivity index (χ4n) is 1.90. The van der Waals surface area contributed by atoms with Gasteiger partial charge in [-0.1, -0.05) is 11.6 Å². The third-order valence-corrected chi connectivity index (χ3v) is 3.24. The van der Waals surface area contributed by atoms with E-state index in [4.69, 9.17) is 21.1 Å². The van der Waals surface area contributed by atoms with Crippen LogP contribution in [0.1, 0.15) is 29.8 Å². The number of carbonyl (C=O) groups excluding carboxylic acids is 2. The topological polar surface area (TPSA) is 77.0 Å². The predicted molar refractivity (Wildman–Crippen MR) is 95.4 cm³/mol. The molecule has 2 aromatic rings. The van der Waals surface area contributed by atoms with Gasteiger partial charge in [0.1, 0.15) is 0 Å². The van der Waals surface area contributed by atoms with Gasteiger partial charge in [-0.15, -0.1) is 0 Å². The van der Waals surface area contributed by atoms with Crippen LogP contribution in [0.5, 0.6) is 11.5 Å². The third kappa shape index (κ3) is 5.61. The SMILES string of the molecule is CCOc1cc(C=NNC(C)=O)ccc1OC(=O)c1ccc(Cl)cc1. The van der Waals surface area contributed by atoms with Gasteiger partial charge >= 0.3 is 5.97 Å². The van der Waals surface area contributed by atoms with Crippen molar-refractivity contribution in [2.24, 2.45) is 5.10 Å². The van der Waals surface area contributed by atoms with Crippen molar-refractivity contribution in [3.8, 4) is 11.5 Å². The minimum Gasteiger partial charge on any atom is -0.490 e. The maximum atomic E-state index is 12.2. The first-order chi connectivity index (χ1) is 12.0.